The maximum atomic E-state index is 14.0. The van der Waals surface area contributed by atoms with E-state index in [1.54, 1.807) is 0 Å². The normalized spacial score (nSPS) is 21.3. The molecule has 110 valence electrons. The van der Waals surface area contributed by atoms with E-state index in [2.05, 4.69) is 4.98 Å². The molecular weight excluding hydrogens is 276 g/mol. The predicted octanol–water partition coefficient (Wildman–Crippen LogP) is 4.21. The van der Waals surface area contributed by atoms with Crippen LogP contribution in [0.2, 0.25) is 0 Å². The number of halogens is 2. The third-order valence-corrected chi connectivity index (χ3v) is 4.28. The number of benzene rings is 1. The lowest BCUT2D eigenvalue weighted by Gasteiger charge is -2.28. The summed E-state index contributed by atoms with van der Waals surface area (Å²) >= 11 is 0. The van der Waals surface area contributed by atoms with Gasteiger partial charge >= 0.3 is 5.97 Å². The van der Waals surface area contributed by atoms with Crippen molar-refractivity contribution in [2.75, 3.05) is 0 Å². The standard InChI is InChI=1S/C16H15F2NO2/c1-7-3-4-8(2)14-12(7)13(16(20)21)10-5-9(17)6-11(18)15(10)19-14/h5-8H,3-4H2,1-2H3,(H,20,21). The van der Waals surface area contributed by atoms with Crippen molar-refractivity contribution in [1.29, 1.82) is 0 Å². The molecular formula is C16H15F2NO2. The zero-order valence-corrected chi connectivity index (χ0v) is 11.8. The smallest absolute Gasteiger partial charge is 0.336 e. The molecule has 0 fully saturated rings. The number of rotatable bonds is 1. The van der Waals surface area contributed by atoms with Gasteiger partial charge in [0.05, 0.1) is 5.56 Å². The second kappa shape index (κ2) is 4.76. The molecule has 0 saturated heterocycles. The van der Waals surface area contributed by atoms with Gasteiger partial charge in [0.15, 0.2) is 5.82 Å². The quantitative estimate of drug-likeness (QED) is 0.856. The van der Waals surface area contributed by atoms with Gasteiger partial charge in [-0.25, -0.2) is 18.6 Å². The van der Waals surface area contributed by atoms with E-state index in [-0.39, 0.29) is 28.3 Å². The Labute approximate surface area is 120 Å². The molecule has 0 aliphatic heterocycles. The molecule has 1 aliphatic carbocycles. The van der Waals surface area contributed by atoms with Crippen molar-refractivity contribution in [3.05, 3.63) is 40.6 Å². The first kappa shape index (κ1) is 13.9. The summed E-state index contributed by atoms with van der Waals surface area (Å²) in [5, 5.41) is 9.59. The van der Waals surface area contributed by atoms with Crippen LogP contribution in [0.4, 0.5) is 8.78 Å². The van der Waals surface area contributed by atoms with Gasteiger partial charge in [0.25, 0.3) is 0 Å². The minimum atomic E-state index is -1.16. The van der Waals surface area contributed by atoms with Gasteiger partial charge in [-0.2, -0.15) is 0 Å². The Hall–Kier alpha value is -2.04. The number of nitrogens with zero attached hydrogens (tertiary/aromatic N) is 1. The minimum absolute atomic E-state index is 0.00699. The summed E-state index contributed by atoms with van der Waals surface area (Å²) in [6.45, 7) is 3.89. The first-order valence-electron chi connectivity index (χ1n) is 6.96. The number of carboxylic acid groups (broad SMARTS) is 1. The van der Waals surface area contributed by atoms with Crippen molar-refractivity contribution < 1.29 is 18.7 Å². The largest absolute Gasteiger partial charge is 0.478 e. The van der Waals surface area contributed by atoms with E-state index in [0.717, 1.165) is 25.0 Å². The average molecular weight is 291 g/mol. The van der Waals surface area contributed by atoms with Gasteiger partial charge in [0.2, 0.25) is 0 Å². The Morgan fingerprint density at radius 3 is 2.57 bits per heavy atom. The average Bonchev–Trinajstić information content (AvgIpc) is 2.41. The van der Waals surface area contributed by atoms with Crippen LogP contribution in [0.15, 0.2) is 12.1 Å². The highest BCUT2D eigenvalue weighted by Crippen LogP contribution is 2.41. The molecule has 3 rings (SSSR count). The molecule has 1 aromatic heterocycles. The number of hydrogen-bond donors (Lipinski definition) is 1. The Balaban J connectivity index is 2.50. The zero-order chi connectivity index (χ0) is 15.3. The molecule has 1 aromatic carbocycles. The second-order valence-electron chi connectivity index (χ2n) is 5.75. The van der Waals surface area contributed by atoms with Crippen LogP contribution in [0.1, 0.15) is 60.1 Å². The number of aromatic carboxylic acids is 1. The third-order valence-electron chi connectivity index (χ3n) is 4.28. The number of hydrogen-bond acceptors (Lipinski definition) is 2. The van der Waals surface area contributed by atoms with Crippen LogP contribution in [0.3, 0.4) is 0 Å². The van der Waals surface area contributed by atoms with Gasteiger partial charge in [-0.15, -0.1) is 0 Å². The van der Waals surface area contributed by atoms with E-state index in [0.29, 0.717) is 11.3 Å². The van der Waals surface area contributed by atoms with Crippen LogP contribution in [0.25, 0.3) is 10.9 Å². The van der Waals surface area contributed by atoms with Crippen LogP contribution >= 0.6 is 0 Å². The Bertz CT molecular complexity index is 758. The first-order valence-corrected chi connectivity index (χ1v) is 6.96. The molecule has 0 bridgehead atoms. The van der Waals surface area contributed by atoms with E-state index < -0.39 is 17.6 Å². The van der Waals surface area contributed by atoms with E-state index in [1.807, 2.05) is 13.8 Å². The second-order valence-corrected chi connectivity index (χ2v) is 5.75. The summed E-state index contributed by atoms with van der Waals surface area (Å²) in [5.41, 5.74) is 1.18. The molecule has 1 heterocycles. The first-order chi connectivity index (χ1) is 9.90. The van der Waals surface area contributed by atoms with E-state index in [9.17, 15) is 18.7 Å². The molecule has 21 heavy (non-hydrogen) atoms. The van der Waals surface area contributed by atoms with Crippen molar-refractivity contribution in [1.82, 2.24) is 4.98 Å². The van der Waals surface area contributed by atoms with Crippen molar-refractivity contribution in [2.24, 2.45) is 0 Å². The fourth-order valence-electron chi connectivity index (χ4n) is 3.21. The Morgan fingerprint density at radius 1 is 1.24 bits per heavy atom. The molecule has 0 spiro atoms. The highest BCUT2D eigenvalue weighted by atomic mass is 19.1. The number of aromatic nitrogens is 1. The van der Waals surface area contributed by atoms with Crippen LogP contribution in [-0.2, 0) is 0 Å². The maximum absolute atomic E-state index is 14.0. The summed E-state index contributed by atoms with van der Waals surface area (Å²) in [7, 11) is 0. The van der Waals surface area contributed by atoms with Gasteiger partial charge in [-0.05, 0) is 36.3 Å². The number of fused-ring (bicyclic) bond motifs is 2. The SMILES string of the molecule is CC1CCC(C)c2c1nc1c(F)cc(F)cc1c2C(=O)O. The number of carbonyl (C=O) groups is 1. The lowest BCUT2D eigenvalue weighted by molar-refractivity contribution is 0.0696. The lowest BCUT2D eigenvalue weighted by Crippen LogP contribution is -2.18. The predicted molar refractivity (Wildman–Crippen MR) is 74.7 cm³/mol. The lowest BCUT2D eigenvalue weighted by atomic mass is 9.78. The molecule has 3 nitrogen and oxygen atoms in total. The summed E-state index contributed by atoms with van der Waals surface area (Å²) in [6.07, 6.45) is 1.73. The molecule has 2 aromatic rings. The molecule has 0 saturated carbocycles. The van der Waals surface area contributed by atoms with Gasteiger partial charge in [0, 0.05) is 17.1 Å². The molecule has 0 amide bonds. The summed E-state index contributed by atoms with van der Waals surface area (Å²) in [6, 6.07) is 1.80. The van der Waals surface area contributed by atoms with Gasteiger partial charge in [-0.1, -0.05) is 13.8 Å². The Morgan fingerprint density at radius 2 is 1.90 bits per heavy atom. The fraction of sp³-hybridized carbons (Fsp3) is 0.375. The zero-order valence-electron chi connectivity index (χ0n) is 11.8. The third kappa shape index (κ3) is 2.07. The number of carboxylic acids is 1. The van der Waals surface area contributed by atoms with Crippen LogP contribution < -0.4 is 0 Å². The maximum Gasteiger partial charge on any atom is 0.336 e. The molecule has 2 unspecified atom stereocenters. The highest BCUT2D eigenvalue weighted by molar-refractivity contribution is 6.04. The van der Waals surface area contributed by atoms with Gasteiger partial charge < -0.3 is 5.11 Å². The molecule has 5 heteroatoms. The van der Waals surface area contributed by atoms with Crippen molar-refractivity contribution >= 4 is 16.9 Å². The molecule has 2 atom stereocenters. The molecule has 0 radical (unpaired) electrons. The van der Waals surface area contributed by atoms with Crippen molar-refractivity contribution in [2.45, 2.75) is 38.5 Å². The van der Waals surface area contributed by atoms with Crippen LogP contribution in [-0.4, -0.2) is 16.1 Å². The van der Waals surface area contributed by atoms with Gasteiger partial charge in [0.1, 0.15) is 11.3 Å². The molecule has 1 aliphatic rings. The van der Waals surface area contributed by atoms with Crippen molar-refractivity contribution in [3.8, 4) is 0 Å². The van der Waals surface area contributed by atoms with E-state index in [4.69, 9.17) is 0 Å². The number of pyridine rings is 1. The summed E-state index contributed by atoms with van der Waals surface area (Å²) in [5.74, 6) is -2.68. The topological polar surface area (TPSA) is 50.2 Å². The summed E-state index contributed by atoms with van der Waals surface area (Å²) < 4.78 is 27.5. The Kier molecular flexibility index (Phi) is 3.15. The fourth-order valence-corrected chi connectivity index (χ4v) is 3.21. The summed E-state index contributed by atoms with van der Waals surface area (Å²) in [4.78, 5) is 16.0. The van der Waals surface area contributed by atoms with Gasteiger partial charge in [-0.3, -0.25) is 0 Å². The van der Waals surface area contributed by atoms with Crippen LogP contribution in [0.5, 0.6) is 0 Å². The minimum Gasteiger partial charge on any atom is -0.478 e. The monoisotopic (exact) mass is 291 g/mol. The van der Waals surface area contributed by atoms with E-state index >= 15 is 0 Å². The van der Waals surface area contributed by atoms with Crippen molar-refractivity contribution in [3.63, 3.8) is 0 Å². The molecule has 1 N–H and O–H groups in total. The highest BCUT2D eigenvalue weighted by Gasteiger charge is 2.31. The van der Waals surface area contributed by atoms with Crippen LogP contribution in [0, 0.1) is 11.6 Å². The van der Waals surface area contributed by atoms with E-state index in [1.165, 1.54) is 0 Å².